The molecule has 2 aromatic rings. The molecule has 0 bridgehead atoms. The number of nitrogens with one attached hydrogen (secondary N) is 1. The number of carbonyl (C=O) groups excluding carboxylic acids is 1. The molecule has 0 aromatic heterocycles. The van der Waals surface area contributed by atoms with Crippen LogP contribution in [0.4, 0.5) is 18.0 Å². The fourth-order valence-electron chi connectivity index (χ4n) is 3.13. The third kappa shape index (κ3) is 9.21. The van der Waals surface area contributed by atoms with Crippen LogP contribution in [0.1, 0.15) is 50.0 Å². The van der Waals surface area contributed by atoms with E-state index in [9.17, 15) is 23.1 Å². The zero-order valence-corrected chi connectivity index (χ0v) is 23.2. The van der Waals surface area contributed by atoms with Gasteiger partial charge in [-0.05, 0) is 32.9 Å². The summed E-state index contributed by atoms with van der Waals surface area (Å²) in [6.45, 7) is 8.99. The first-order valence-electron chi connectivity index (χ1n) is 10.1. The smallest absolute Gasteiger partial charge is 0.444 e. The summed E-state index contributed by atoms with van der Waals surface area (Å²) in [5.74, 6) is -0.364. The van der Waals surface area contributed by atoms with Crippen LogP contribution in [0.25, 0.3) is 11.1 Å². The van der Waals surface area contributed by atoms with Gasteiger partial charge in [0.2, 0.25) is 0 Å². The minimum Gasteiger partial charge on any atom is -0.444 e. The van der Waals surface area contributed by atoms with Crippen molar-refractivity contribution in [3.05, 3.63) is 60.0 Å². The molecule has 1 unspecified atom stereocenters. The molecule has 180 valence electrons. The quantitative estimate of drug-likeness (QED) is 0.378. The number of aliphatic hydroxyl groups is 1. The number of nitriles is 1. The number of ether oxygens (including phenoxy) is 2. The Balaban J connectivity index is 0.00000578. The number of halogens is 3. The molecule has 2 rings (SSSR count). The van der Waals surface area contributed by atoms with Crippen LogP contribution >= 0.6 is 0 Å². The summed E-state index contributed by atoms with van der Waals surface area (Å²) in [6.07, 6.45) is -6.55. The van der Waals surface area contributed by atoms with Crippen molar-refractivity contribution in [1.82, 2.24) is 5.32 Å². The number of hydrogen-bond donors (Lipinski definition) is 2. The number of hydrogen-bond acceptors (Lipinski definition) is 5. The molecule has 2 aromatic carbocycles. The molecule has 0 aliphatic rings. The van der Waals surface area contributed by atoms with E-state index in [1.54, 1.807) is 26.8 Å². The number of amides is 1. The van der Waals surface area contributed by atoms with E-state index in [0.29, 0.717) is 27.8 Å². The van der Waals surface area contributed by atoms with Crippen molar-refractivity contribution in [2.75, 3.05) is 0 Å². The van der Waals surface area contributed by atoms with Gasteiger partial charge < -0.3 is 26.8 Å². The Hall–Kier alpha value is -2.20. The number of nitrogens with zero attached hydrogens (tertiary/aromatic N) is 1. The molecular formula is C24H25F3N2O4U. The van der Waals surface area contributed by atoms with Gasteiger partial charge in [-0.15, -0.1) is 36.4 Å². The molecule has 34 heavy (non-hydrogen) atoms. The maximum absolute atomic E-state index is 12.4. The summed E-state index contributed by atoms with van der Waals surface area (Å²) in [7, 11) is 0. The third-order valence-electron chi connectivity index (χ3n) is 4.36. The van der Waals surface area contributed by atoms with E-state index in [2.05, 4.69) is 23.0 Å². The zero-order chi connectivity index (χ0) is 24.8. The largest absolute Gasteiger partial charge is 2.00 e. The van der Waals surface area contributed by atoms with Gasteiger partial charge in [-0.25, -0.2) is 4.79 Å². The van der Waals surface area contributed by atoms with Crippen LogP contribution in [0.3, 0.4) is 0 Å². The van der Waals surface area contributed by atoms with E-state index in [1.165, 1.54) is 24.3 Å². The van der Waals surface area contributed by atoms with Gasteiger partial charge in [0.05, 0.1) is 18.6 Å². The van der Waals surface area contributed by atoms with Crippen LogP contribution in [0, 0.1) is 55.4 Å². The summed E-state index contributed by atoms with van der Waals surface area (Å²) in [6, 6.07) is 11.9. The SMILES string of the molecule is [CH2-]Cc1[c-]c(-c2ccc(OC(F)(F)F)cc2)cc(CNC(=O)OC(C)(C)C)c1C(O)CC#N.[U+2]. The Labute approximate surface area is 220 Å². The van der Waals surface area contributed by atoms with Crippen molar-refractivity contribution in [2.45, 2.75) is 58.2 Å². The Bertz CT molecular complexity index is 1010. The Morgan fingerprint density at radius 1 is 1.26 bits per heavy atom. The molecule has 0 fully saturated rings. The third-order valence-corrected chi connectivity index (χ3v) is 4.36. The van der Waals surface area contributed by atoms with Crippen LogP contribution in [-0.2, 0) is 17.7 Å². The van der Waals surface area contributed by atoms with Crippen molar-refractivity contribution in [1.29, 1.82) is 5.26 Å². The molecule has 6 nitrogen and oxygen atoms in total. The zero-order valence-electron chi connectivity index (χ0n) is 19.0. The second-order valence-electron chi connectivity index (χ2n) is 8.16. The Morgan fingerprint density at radius 3 is 2.38 bits per heavy atom. The van der Waals surface area contributed by atoms with E-state index in [-0.39, 0.29) is 56.2 Å². The van der Waals surface area contributed by atoms with E-state index in [4.69, 9.17) is 10.00 Å². The standard InChI is InChI=1S/C24H25F3N2O4.U/c1-5-15-12-17(16-6-8-19(9-7-16)32-24(25,26)27)13-18(21(15)20(30)10-11-28)14-29-22(31)33-23(2,3)4;/h6-9,13,20,30H,1,5,10,14H2,2-4H3,(H,29,31);/q-2;+2. The molecule has 10 heteroatoms. The number of aliphatic hydroxyl groups excluding tert-OH is 1. The van der Waals surface area contributed by atoms with Gasteiger partial charge in [-0.1, -0.05) is 23.3 Å². The second kappa shape index (κ2) is 12.5. The second-order valence-corrected chi connectivity index (χ2v) is 8.16. The first-order valence-corrected chi connectivity index (χ1v) is 10.1. The van der Waals surface area contributed by atoms with Crippen molar-refractivity contribution in [3.63, 3.8) is 0 Å². The molecule has 0 aliphatic heterocycles. The summed E-state index contributed by atoms with van der Waals surface area (Å²) < 4.78 is 46.4. The minimum absolute atomic E-state index is 0. The summed E-state index contributed by atoms with van der Waals surface area (Å²) >= 11 is 0. The van der Waals surface area contributed by atoms with Gasteiger partial charge >= 0.3 is 43.6 Å². The number of alkyl carbamates (subject to hydrolysis) is 1. The molecule has 2 N–H and O–H groups in total. The predicted molar refractivity (Wildman–Crippen MR) is 115 cm³/mol. The maximum atomic E-state index is 12.4. The first-order chi connectivity index (χ1) is 15.3. The molecular weight excluding hydrogens is 675 g/mol. The molecule has 0 aliphatic carbocycles. The summed E-state index contributed by atoms with van der Waals surface area (Å²) in [4.78, 5) is 12.1. The number of benzene rings is 2. The van der Waals surface area contributed by atoms with Gasteiger partial charge in [-0.2, -0.15) is 17.2 Å². The minimum atomic E-state index is -4.80. The van der Waals surface area contributed by atoms with Crippen LogP contribution in [-0.4, -0.2) is 23.2 Å². The van der Waals surface area contributed by atoms with Gasteiger partial charge in [-0.3, -0.25) is 0 Å². The molecule has 0 radical (unpaired) electrons. The van der Waals surface area contributed by atoms with E-state index < -0.39 is 24.2 Å². The van der Waals surface area contributed by atoms with E-state index >= 15 is 0 Å². The van der Waals surface area contributed by atoms with Crippen LogP contribution < -0.4 is 10.1 Å². The van der Waals surface area contributed by atoms with Crippen molar-refractivity contribution in [2.24, 2.45) is 0 Å². The van der Waals surface area contributed by atoms with E-state index in [0.717, 1.165) is 0 Å². The Kier molecular flexibility index (Phi) is 11.0. The van der Waals surface area contributed by atoms with Crippen LogP contribution in [0.5, 0.6) is 5.75 Å². The van der Waals surface area contributed by atoms with Crippen molar-refractivity contribution >= 4 is 6.09 Å². The number of alkyl halides is 3. The number of carbonyl (C=O) groups is 1. The first kappa shape index (κ1) is 29.8. The predicted octanol–water partition coefficient (Wildman–Crippen LogP) is 5.40. The fraction of sp³-hybridized carbons (Fsp3) is 0.375. The molecule has 0 heterocycles. The molecule has 0 saturated heterocycles. The maximum Gasteiger partial charge on any atom is 2.00 e. The molecule has 1 amide bonds. The van der Waals surface area contributed by atoms with Gasteiger partial charge in [0.1, 0.15) is 11.4 Å². The van der Waals surface area contributed by atoms with Gasteiger partial charge in [0.25, 0.3) is 0 Å². The molecule has 0 spiro atoms. The fourth-order valence-corrected chi connectivity index (χ4v) is 3.13. The van der Waals surface area contributed by atoms with Crippen LogP contribution in [0.15, 0.2) is 30.3 Å². The Morgan fingerprint density at radius 2 is 1.88 bits per heavy atom. The number of rotatable bonds is 7. The summed E-state index contributed by atoms with van der Waals surface area (Å²) in [5, 5.41) is 22.2. The van der Waals surface area contributed by atoms with Crippen molar-refractivity contribution < 1.29 is 63.7 Å². The van der Waals surface area contributed by atoms with E-state index in [1.807, 2.05) is 6.07 Å². The average Bonchev–Trinajstić information content (AvgIpc) is 2.69. The molecule has 1 atom stereocenters. The van der Waals surface area contributed by atoms with Crippen LogP contribution in [0.2, 0.25) is 0 Å². The van der Waals surface area contributed by atoms with Crippen molar-refractivity contribution in [3.8, 4) is 22.9 Å². The van der Waals surface area contributed by atoms with Gasteiger partial charge in [0, 0.05) is 6.54 Å². The monoisotopic (exact) mass is 700 g/mol. The average molecular weight is 700 g/mol. The normalized spacial score (nSPS) is 12.2. The molecule has 0 saturated carbocycles. The topological polar surface area (TPSA) is 91.6 Å². The van der Waals surface area contributed by atoms with Gasteiger partial charge in [0.15, 0.2) is 0 Å². The summed E-state index contributed by atoms with van der Waals surface area (Å²) in [5.41, 5.74) is 1.80.